The molecule has 1 saturated heterocycles. The van der Waals surface area contributed by atoms with Crippen LogP contribution in [0, 0.1) is 0 Å². The van der Waals surface area contributed by atoms with Crippen LogP contribution in [0.4, 0.5) is 9.59 Å². The van der Waals surface area contributed by atoms with E-state index in [4.69, 9.17) is 0 Å². The van der Waals surface area contributed by atoms with Crippen LogP contribution < -0.4 is 10.9 Å². The molecule has 0 aliphatic carbocycles. The zero-order valence-electron chi connectivity index (χ0n) is 11.9. The van der Waals surface area contributed by atoms with Gasteiger partial charge in [-0.25, -0.2) is 30.5 Å². The van der Waals surface area contributed by atoms with Crippen LogP contribution in [-0.2, 0) is 13.1 Å². The summed E-state index contributed by atoms with van der Waals surface area (Å²) < 4.78 is 0. The lowest BCUT2D eigenvalue weighted by Crippen LogP contribution is -2.65. The number of benzene rings is 2. The van der Waals surface area contributed by atoms with Crippen LogP contribution in [0.5, 0.6) is 0 Å². The van der Waals surface area contributed by atoms with Gasteiger partial charge in [-0.15, -0.1) is 0 Å². The molecular formula is C16H16N4O2. The van der Waals surface area contributed by atoms with E-state index in [1.54, 1.807) is 0 Å². The highest BCUT2D eigenvalue weighted by molar-refractivity contribution is 5.85. The van der Waals surface area contributed by atoms with E-state index in [0.717, 1.165) is 11.1 Å². The minimum atomic E-state index is -0.362. The number of carbonyl (C=O) groups is 2. The Bertz CT molecular complexity index is 601. The second-order valence-corrected chi connectivity index (χ2v) is 4.95. The zero-order valence-corrected chi connectivity index (χ0v) is 11.9. The first kappa shape index (κ1) is 13.9. The molecule has 1 aliphatic heterocycles. The minimum absolute atomic E-state index is 0.326. The summed E-state index contributed by atoms with van der Waals surface area (Å²) in [6.07, 6.45) is 0. The van der Waals surface area contributed by atoms with Crippen molar-refractivity contribution < 1.29 is 9.59 Å². The van der Waals surface area contributed by atoms with Gasteiger partial charge in [0.25, 0.3) is 0 Å². The standard InChI is InChI=1S/C16H16N4O2/c21-15-17-18-16(22)20(12-14-9-5-2-6-10-14)19(15)11-13-7-3-1-4-8-13/h1-10H,11-12H2,(H,17,21)(H,18,22). The van der Waals surface area contributed by atoms with E-state index >= 15 is 0 Å². The maximum Gasteiger partial charge on any atom is 0.355 e. The second-order valence-electron chi connectivity index (χ2n) is 4.95. The van der Waals surface area contributed by atoms with E-state index in [1.807, 2.05) is 60.7 Å². The summed E-state index contributed by atoms with van der Waals surface area (Å²) in [4.78, 5) is 24.2. The van der Waals surface area contributed by atoms with Gasteiger partial charge in [-0.3, -0.25) is 0 Å². The van der Waals surface area contributed by atoms with Crippen LogP contribution in [0.3, 0.4) is 0 Å². The Labute approximate surface area is 128 Å². The van der Waals surface area contributed by atoms with Gasteiger partial charge < -0.3 is 0 Å². The number of nitrogens with one attached hydrogen (secondary N) is 2. The maximum atomic E-state index is 12.1. The van der Waals surface area contributed by atoms with Crippen LogP contribution in [-0.4, -0.2) is 22.1 Å². The Morgan fingerprint density at radius 3 is 1.36 bits per heavy atom. The van der Waals surface area contributed by atoms with Crippen LogP contribution in [0.25, 0.3) is 0 Å². The highest BCUT2D eigenvalue weighted by Gasteiger charge is 2.31. The third kappa shape index (κ3) is 3.01. The van der Waals surface area contributed by atoms with E-state index in [9.17, 15) is 9.59 Å². The Morgan fingerprint density at radius 2 is 1.00 bits per heavy atom. The summed E-state index contributed by atoms with van der Waals surface area (Å²) in [5.74, 6) is 0. The van der Waals surface area contributed by atoms with Crippen molar-refractivity contribution in [2.75, 3.05) is 0 Å². The lowest BCUT2D eigenvalue weighted by molar-refractivity contribution is 0.0159. The molecule has 2 aromatic rings. The average Bonchev–Trinajstić information content (AvgIpc) is 2.56. The highest BCUT2D eigenvalue weighted by Crippen LogP contribution is 2.14. The van der Waals surface area contributed by atoms with Crippen molar-refractivity contribution >= 4 is 12.1 Å². The number of hydrogen-bond acceptors (Lipinski definition) is 2. The quantitative estimate of drug-likeness (QED) is 0.909. The summed E-state index contributed by atoms with van der Waals surface area (Å²) in [6, 6.07) is 18.4. The molecule has 22 heavy (non-hydrogen) atoms. The second kappa shape index (κ2) is 6.17. The first-order valence-corrected chi connectivity index (χ1v) is 6.97. The summed E-state index contributed by atoms with van der Waals surface area (Å²) in [7, 11) is 0. The van der Waals surface area contributed by atoms with Gasteiger partial charge in [-0.1, -0.05) is 60.7 Å². The van der Waals surface area contributed by atoms with Crippen molar-refractivity contribution in [1.82, 2.24) is 20.9 Å². The average molecular weight is 296 g/mol. The fraction of sp³-hybridized carbons (Fsp3) is 0.125. The van der Waals surface area contributed by atoms with Crippen molar-refractivity contribution in [2.45, 2.75) is 13.1 Å². The predicted molar refractivity (Wildman–Crippen MR) is 81.0 cm³/mol. The van der Waals surface area contributed by atoms with E-state index in [1.165, 1.54) is 10.0 Å². The molecule has 6 heteroatoms. The van der Waals surface area contributed by atoms with Crippen molar-refractivity contribution in [2.24, 2.45) is 0 Å². The Hall–Kier alpha value is -3.02. The molecule has 0 spiro atoms. The monoisotopic (exact) mass is 296 g/mol. The number of carbonyl (C=O) groups excluding carboxylic acids is 2. The number of nitrogens with zero attached hydrogens (tertiary/aromatic N) is 2. The smallest absolute Gasteiger partial charge is 0.246 e. The van der Waals surface area contributed by atoms with Gasteiger partial charge in [0.1, 0.15) is 0 Å². The van der Waals surface area contributed by atoms with E-state index < -0.39 is 0 Å². The molecule has 112 valence electrons. The Kier molecular flexibility index (Phi) is 3.91. The molecule has 0 aromatic heterocycles. The fourth-order valence-corrected chi connectivity index (χ4v) is 2.28. The van der Waals surface area contributed by atoms with Crippen LogP contribution >= 0.6 is 0 Å². The van der Waals surface area contributed by atoms with Crippen molar-refractivity contribution in [3.05, 3.63) is 71.8 Å². The molecule has 0 atom stereocenters. The van der Waals surface area contributed by atoms with Gasteiger partial charge >= 0.3 is 12.1 Å². The molecule has 0 unspecified atom stereocenters. The lowest BCUT2D eigenvalue weighted by Gasteiger charge is -2.38. The summed E-state index contributed by atoms with van der Waals surface area (Å²) in [5.41, 5.74) is 6.63. The summed E-state index contributed by atoms with van der Waals surface area (Å²) >= 11 is 0. The largest absolute Gasteiger partial charge is 0.355 e. The SMILES string of the molecule is O=C1NNC(=O)N(Cc2ccccc2)N1Cc1ccccc1. The molecule has 1 fully saturated rings. The van der Waals surface area contributed by atoms with Gasteiger partial charge in [0.15, 0.2) is 0 Å². The summed E-state index contributed by atoms with van der Waals surface area (Å²) in [5, 5.41) is 2.81. The highest BCUT2D eigenvalue weighted by atomic mass is 16.2. The third-order valence-corrected chi connectivity index (χ3v) is 3.39. The normalized spacial score (nSPS) is 14.5. The molecule has 2 N–H and O–H groups in total. The molecule has 2 aromatic carbocycles. The zero-order chi connectivity index (χ0) is 15.4. The van der Waals surface area contributed by atoms with Gasteiger partial charge in [0, 0.05) is 0 Å². The molecule has 0 radical (unpaired) electrons. The fourth-order valence-electron chi connectivity index (χ4n) is 2.28. The van der Waals surface area contributed by atoms with Gasteiger partial charge in [-0.2, -0.15) is 0 Å². The minimum Gasteiger partial charge on any atom is -0.246 e. The van der Waals surface area contributed by atoms with Crippen molar-refractivity contribution in [1.29, 1.82) is 0 Å². The van der Waals surface area contributed by atoms with E-state index in [0.29, 0.717) is 13.1 Å². The van der Waals surface area contributed by atoms with E-state index in [2.05, 4.69) is 10.9 Å². The van der Waals surface area contributed by atoms with Crippen LogP contribution in [0.15, 0.2) is 60.7 Å². The molecule has 4 amide bonds. The molecule has 3 rings (SSSR count). The molecule has 1 aliphatic rings. The molecular weight excluding hydrogens is 280 g/mol. The number of hydrogen-bond donors (Lipinski definition) is 2. The molecule has 6 nitrogen and oxygen atoms in total. The Balaban J connectivity index is 1.82. The van der Waals surface area contributed by atoms with Gasteiger partial charge in [-0.05, 0) is 11.1 Å². The first-order valence-electron chi connectivity index (χ1n) is 6.97. The predicted octanol–water partition coefficient (Wildman–Crippen LogP) is 2.25. The number of urea groups is 2. The summed E-state index contributed by atoms with van der Waals surface area (Å²) in [6.45, 7) is 0.653. The molecule has 0 bridgehead atoms. The maximum absolute atomic E-state index is 12.1. The topological polar surface area (TPSA) is 64.7 Å². The Morgan fingerprint density at radius 1 is 0.636 bits per heavy atom. The van der Waals surface area contributed by atoms with Gasteiger partial charge in [0.05, 0.1) is 13.1 Å². The lowest BCUT2D eigenvalue weighted by atomic mass is 10.2. The van der Waals surface area contributed by atoms with Gasteiger partial charge in [0.2, 0.25) is 0 Å². The van der Waals surface area contributed by atoms with E-state index in [-0.39, 0.29) is 12.1 Å². The number of amides is 4. The van der Waals surface area contributed by atoms with Crippen molar-refractivity contribution in [3.8, 4) is 0 Å². The number of rotatable bonds is 4. The number of hydrazine groups is 2. The third-order valence-electron chi connectivity index (χ3n) is 3.39. The van der Waals surface area contributed by atoms with Crippen molar-refractivity contribution in [3.63, 3.8) is 0 Å². The first-order chi connectivity index (χ1) is 10.7. The molecule has 0 saturated carbocycles. The van der Waals surface area contributed by atoms with Crippen LogP contribution in [0.2, 0.25) is 0 Å². The molecule has 1 heterocycles. The van der Waals surface area contributed by atoms with Crippen LogP contribution in [0.1, 0.15) is 11.1 Å².